The molecule has 0 fully saturated rings. The number of fused-ring (bicyclic) bond motifs is 1. The molecule has 0 atom stereocenters. The number of carbonyl (C=O) groups excluding carboxylic acids is 2. The van der Waals surface area contributed by atoms with Crippen molar-refractivity contribution in [2.75, 3.05) is 25.5 Å². The van der Waals surface area contributed by atoms with Gasteiger partial charge in [0.2, 0.25) is 5.91 Å². The molecule has 4 aromatic rings. The van der Waals surface area contributed by atoms with Gasteiger partial charge in [-0.3, -0.25) is 4.79 Å². The normalized spacial score (nSPS) is 11.0. The first-order chi connectivity index (χ1) is 18.4. The summed E-state index contributed by atoms with van der Waals surface area (Å²) in [7, 11) is 1.56. The van der Waals surface area contributed by atoms with Crippen molar-refractivity contribution >= 4 is 28.5 Å². The third kappa shape index (κ3) is 6.54. The van der Waals surface area contributed by atoms with Crippen LogP contribution in [0.15, 0.2) is 79.0 Å². The van der Waals surface area contributed by atoms with E-state index in [0.717, 1.165) is 22.0 Å². The quantitative estimate of drug-likeness (QED) is 0.274. The van der Waals surface area contributed by atoms with Gasteiger partial charge in [0.05, 0.1) is 12.8 Å². The predicted octanol–water partition coefficient (Wildman–Crippen LogP) is 6.00. The number of amides is 3. The minimum atomic E-state index is -0.343. The SMILES string of the molecule is COc1ccccc1NC(=O)N(CC(=O)N(CCc1c[nH]c2ccccc12)Cc1ccc(C)cc1)C(C)C. The van der Waals surface area contributed by atoms with E-state index in [4.69, 9.17) is 4.74 Å². The average molecular weight is 513 g/mol. The van der Waals surface area contributed by atoms with Gasteiger partial charge in [-0.25, -0.2) is 4.79 Å². The molecule has 3 aromatic carbocycles. The minimum absolute atomic E-state index is 0.0294. The summed E-state index contributed by atoms with van der Waals surface area (Å²) >= 11 is 0. The second kappa shape index (κ2) is 12.3. The summed E-state index contributed by atoms with van der Waals surface area (Å²) in [6.45, 7) is 6.84. The van der Waals surface area contributed by atoms with E-state index in [1.807, 2.05) is 56.1 Å². The zero-order valence-corrected chi connectivity index (χ0v) is 22.5. The second-order valence-corrected chi connectivity index (χ2v) is 9.76. The summed E-state index contributed by atoms with van der Waals surface area (Å²) in [5, 5.41) is 4.07. The molecule has 0 spiro atoms. The van der Waals surface area contributed by atoms with Gasteiger partial charge >= 0.3 is 6.03 Å². The van der Waals surface area contributed by atoms with Crippen LogP contribution in [0, 0.1) is 6.92 Å². The lowest BCUT2D eigenvalue weighted by atomic mass is 10.1. The van der Waals surface area contributed by atoms with E-state index in [2.05, 4.69) is 46.7 Å². The number of aromatic nitrogens is 1. The van der Waals surface area contributed by atoms with E-state index in [1.54, 1.807) is 24.1 Å². The van der Waals surface area contributed by atoms with Crippen molar-refractivity contribution in [1.82, 2.24) is 14.8 Å². The number of ether oxygens (including phenoxy) is 1. The number of aryl methyl sites for hydroxylation is 1. The Balaban J connectivity index is 1.52. The topological polar surface area (TPSA) is 77.7 Å². The Morgan fingerprint density at radius 3 is 2.42 bits per heavy atom. The fourth-order valence-corrected chi connectivity index (χ4v) is 4.47. The van der Waals surface area contributed by atoms with Crippen LogP contribution in [0.2, 0.25) is 0 Å². The number of rotatable bonds is 10. The van der Waals surface area contributed by atoms with Gasteiger partial charge in [0.15, 0.2) is 0 Å². The summed E-state index contributed by atoms with van der Waals surface area (Å²) in [5.74, 6) is 0.463. The van der Waals surface area contributed by atoms with E-state index in [1.165, 1.54) is 5.56 Å². The van der Waals surface area contributed by atoms with Crippen molar-refractivity contribution in [2.24, 2.45) is 0 Å². The van der Waals surface area contributed by atoms with Crippen molar-refractivity contribution < 1.29 is 14.3 Å². The monoisotopic (exact) mass is 512 g/mol. The van der Waals surface area contributed by atoms with Gasteiger partial charge < -0.3 is 24.8 Å². The standard InChI is InChI=1S/C31H36N4O3/c1-22(2)35(31(37)33-28-11-7-8-12-29(28)38-4)21-30(36)34(20-24-15-13-23(3)14-16-24)18-17-25-19-32-27-10-6-5-9-26(25)27/h5-16,19,22,32H,17-18,20-21H2,1-4H3,(H,33,37). The highest BCUT2D eigenvalue weighted by Crippen LogP contribution is 2.24. The fraction of sp³-hybridized carbons (Fsp3) is 0.290. The molecule has 7 heteroatoms. The van der Waals surface area contributed by atoms with Crippen LogP contribution in [0.4, 0.5) is 10.5 Å². The highest BCUT2D eigenvalue weighted by molar-refractivity contribution is 5.93. The number of nitrogens with one attached hydrogen (secondary N) is 2. The van der Waals surface area contributed by atoms with Crippen LogP contribution in [0.3, 0.4) is 0 Å². The van der Waals surface area contributed by atoms with Gasteiger partial charge in [0.1, 0.15) is 12.3 Å². The molecule has 4 rings (SSSR count). The smallest absolute Gasteiger partial charge is 0.322 e. The largest absolute Gasteiger partial charge is 0.495 e. The van der Waals surface area contributed by atoms with Gasteiger partial charge in [0, 0.05) is 36.2 Å². The van der Waals surface area contributed by atoms with Crippen LogP contribution in [0.25, 0.3) is 10.9 Å². The molecule has 38 heavy (non-hydrogen) atoms. The lowest BCUT2D eigenvalue weighted by Gasteiger charge is -2.30. The number of aromatic amines is 1. The van der Waals surface area contributed by atoms with Crippen LogP contribution < -0.4 is 10.1 Å². The number of hydrogen-bond donors (Lipinski definition) is 2. The molecule has 7 nitrogen and oxygen atoms in total. The van der Waals surface area contributed by atoms with Crippen molar-refractivity contribution in [1.29, 1.82) is 0 Å². The summed E-state index contributed by atoms with van der Waals surface area (Å²) in [6, 6.07) is 23.1. The first-order valence-corrected chi connectivity index (χ1v) is 12.9. The van der Waals surface area contributed by atoms with E-state index < -0.39 is 0 Å². The number of benzene rings is 3. The molecule has 0 unspecified atom stereocenters. The number of urea groups is 1. The van der Waals surface area contributed by atoms with Crippen molar-refractivity contribution in [2.45, 2.75) is 39.8 Å². The van der Waals surface area contributed by atoms with E-state index in [9.17, 15) is 9.59 Å². The molecule has 0 radical (unpaired) electrons. The number of para-hydroxylation sites is 3. The Labute approximate surface area is 224 Å². The van der Waals surface area contributed by atoms with Crippen LogP contribution in [0.1, 0.15) is 30.5 Å². The second-order valence-electron chi connectivity index (χ2n) is 9.76. The third-order valence-corrected chi connectivity index (χ3v) is 6.71. The predicted molar refractivity (Wildman–Crippen MR) is 152 cm³/mol. The first-order valence-electron chi connectivity index (χ1n) is 12.9. The molecule has 1 aromatic heterocycles. The highest BCUT2D eigenvalue weighted by Gasteiger charge is 2.24. The lowest BCUT2D eigenvalue weighted by Crippen LogP contribution is -2.47. The third-order valence-electron chi connectivity index (χ3n) is 6.71. The molecule has 2 N–H and O–H groups in total. The lowest BCUT2D eigenvalue weighted by molar-refractivity contribution is -0.132. The van der Waals surface area contributed by atoms with E-state index in [-0.39, 0.29) is 24.5 Å². The van der Waals surface area contributed by atoms with Crippen LogP contribution in [-0.2, 0) is 17.8 Å². The summed E-state index contributed by atoms with van der Waals surface area (Å²) in [4.78, 5) is 33.7. The average Bonchev–Trinajstić information content (AvgIpc) is 3.33. The van der Waals surface area contributed by atoms with Crippen LogP contribution >= 0.6 is 0 Å². The van der Waals surface area contributed by atoms with Gasteiger partial charge in [-0.1, -0.05) is 60.2 Å². The molecule has 1 heterocycles. The molecule has 0 saturated heterocycles. The molecule has 198 valence electrons. The van der Waals surface area contributed by atoms with E-state index >= 15 is 0 Å². The van der Waals surface area contributed by atoms with Gasteiger partial charge in [-0.05, 0) is 56.5 Å². The number of anilines is 1. The maximum absolute atomic E-state index is 13.7. The fourth-order valence-electron chi connectivity index (χ4n) is 4.47. The highest BCUT2D eigenvalue weighted by atomic mass is 16.5. The number of hydrogen-bond acceptors (Lipinski definition) is 3. The van der Waals surface area contributed by atoms with Crippen molar-refractivity contribution in [3.8, 4) is 5.75 Å². The number of methoxy groups -OCH3 is 1. The zero-order valence-electron chi connectivity index (χ0n) is 22.5. The van der Waals surface area contributed by atoms with Gasteiger partial charge in [-0.15, -0.1) is 0 Å². The number of carbonyl (C=O) groups is 2. The molecular weight excluding hydrogens is 476 g/mol. The Kier molecular flexibility index (Phi) is 8.69. The molecule has 3 amide bonds. The minimum Gasteiger partial charge on any atom is -0.495 e. The van der Waals surface area contributed by atoms with Gasteiger partial charge in [0.25, 0.3) is 0 Å². The molecule has 0 aliphatic heterocycles. The molecule has 0 aliphatic carbocycles. The zero-order chi connectivity index (χ0) is 27.1. The maximum Gasteiger partial charge on any atom is 0.322 e. The van der Waals surface area contributed by atoms with E-state index in [0.29, 0.717) is 30.9 Å². The molecule has 0 saturated carbocycles. The van der Waals surface area contributed by atoms with Gasteiger partial charge in [-0.2, -0.15) is 0 Å². The Morgan fingerprint density at radius 1 is 0.974 bits per heavy atom. The Morgan fingerprint density at radius 2 is 1.68 bits per heavy atom. The van der Waals surface area contributed by atoms with Crippen LogP contribution in [-0.4, -0.2) is 53.0 Å². The summed E-state index contributed by atoms with van der Waals surface area (Å²) < 4.78 is 5.37. The number of nitrogens with zero attached hydrogens (tertiary/aromatic N) is 2. The maximum atomic E-state index is 13.7. The Hall–Kier alpha value is -4.26. The van der Waals surface area contributed by atoms with Crippen molar-refractivity contribution in [3.63, 3.8) is 0 Å². The molecule has 0 aliphatic rings. The number of H-pyrrole nitrogens is 1. The first kappa shape index (κ1) is 26.8. The van der Waals surface area contributed by atoms with Crippen LogP contribution in [0.5, 0.6) is 5.75 Å². The summed E-state index contributed by atoms with van der Waals surface area (Å²) in [6.07, 6.45) is 2.72. The molecular formula is C31H36N4O3. The molecule has 0 bridgehead atoms. The van der Waals surface area contributed by atoms with Crippen molar-refractivity contribution in [3.05, 3.63) is 95.7 Å². The Bertz CT molecular complexity index is 1380. The summed E-state index contributed by atoms with van der Waals surface area (Å²) in [5.41, 5.74) is 5.03.